The highest BCUT2D eigenvalue weighted by atomic mass is 127. The first-order chi connectivity index (χ1) is 5.27. The van der Waals surface area contributed by atoms with Gasteiger partial charge < -0.3 is 13.4 Å². The molecule has 0 aliphatic carbocycles. The monoisotopic (exact) mass is 265 g/mol. The molecule has 0 atom stereocenters. The van der Waals surface area contributed by atoms with E-state index in [-0.39, 0.29) is 5.75 Å². The molecule has 0 saturated heterocycles. The molecule has 0 heterocycles. The summed E-state index contributed by atoms with van der Waals surface area (Å²) in [5.41, 5.74) is 0.657. The minimum Gasteiger partial charge on any atom is -0.506 e. The van der Waals surface area contributed by atoms with Crippen molar-refractivity contribution in [3.8, 4) is 11.5 Å². The van der Waals surface area contributed by atoms with E-state index in [2.05, 4.69) is 3.53 Å². The lowest BCUT2D eigenvalue weighted by Gasteiger charge is -2.04. The first-order valence-corrected chi connectivity index (χ1v) is 4.09. The van der Waals surface area contributed by atoms with Gasteiger partial charge in [0.1, 0.15) is 11.5 Å². The summed E-state index contributed by atoms with van der Waals surface area (Å²) in [6, 6.07) is 5.01. The predicted molar refractivity (Wildman–Crippen MR) is 52.3 cm³/mol. The summed E-state index contributed by atoms with van der Waals surface area (Å²) in [6.45, 7) is 0. The van der Waals surface area contributed by atoms with Crippen molar-refractivity contribution in [2.24, 2.45) is 0 Å². The Balaban J connectivity index is 3.02. The number of rotatable bonds is 2. The Morgan fingerprint density at radius 2 is 2.27 bits per heavy atom. The van der Waals surface area contributed by atoms with E-state index in [1.54, 1.807) is 25.3 Å². The van der Waals surface area contributed by atoms with Gasteiger partial charge in [-0.05, 0) is 12.1 Å². The molecule has 0 unspecified atom stereocenters. The maximum atomic E-state index is 9.21. The summed E-state index contributed by atoms with van der Waals surface area (Å²) >= 11 is 1.95. The van der Waals surface area contributed by atoms with Crippen LogP contribution >= 0.6 is 22.9 Å². The Morgan fingerprint density at radius 1 is 1.55 bits per heavy atom. The molecule has 1 aromatic carbocycles. The minimum atomic E-state index is 0.222. The van der Waals surface area contributed by atoms with Gasteiger partial charge in [-0.15, -0.1) is 0 Å². The third-order valence-corrected chi connectivity index (χ3v) is 1.89. The molecule has 0 aliphatic heterocycles. The molecule has 3 nitrogen and oxygen atoms in total. The van der Waals surface area contributed by atoms with Crippen LogP contribution in [0.2, 0.25) is 0 Å². The van der Waals surface area contributed by atoms with Crippen LogP contribution in [-0.2, 0) is 0 Å². The molecular weight excluding hydrogens is 257 g/mol. The van der Waals surface area contributed by atoms with Crippen LogP contribution in [0.4, 0.5) is 5.69 Å². The number of anilines is 1. The molecule has 0 fully saturated rings. The molecule has 4 heteroatoms. The standard InChI is InChI=1S/C7H8INO2/c1-11-5-2-3-7(10)6(4-5)9-8/h2-4,9-10H,1H3. The van der Waals surface area contributed by atoms with Gasteiger partial charge in [0, 0.05) is 6.07 Å². The zero-order valence-electron chi connectivity index (χ0n) is 5.97. The minimum absolute atomic E-state index is 0.222. The van der Waals surface area contributed by atoms with Gasteiger partial charge in [0.05, 0.1) is 35.7 Å². The summed E-state index contributed by atoms with van der Waals surface area (Å²) in [7, 11) is 1.59. The predicted octanol–water partition coefficient (Wildman–Crippen LogP) is 2.16. The van der Waals surface area contributed by atoms with E-state index in [9.17, 15) is 5.11 Å². The SMILES string of the molecule is COc1ccc(O)c(NI)c1. The van der Waals surface area contributed by atoms with Crippen molar-refractivity contribution >= 4 is 28.6 Å². The van der Waals surface area contributed by atoms with Crippen molar-refractivity contribution in [3.05, 3.63) is 18.2 Å². The molecule has 0 aliphatic rings. The average molecular weight is 265 g/mol. The summed E-state index contributed by atoms with van der Waals surface area (Å²) in [4.78, 5) is 0. The lowest BCUT2D eigenvalue weighted by Crippen LogP contribution is -1.85. The van der Waals surface area contributed by atoms with Gasteiger partial charge in [-0.1, -0.05) is 0 Å². The normalized spacial score (nSPS) is 9.27. The van der Waals surface area contributed by atoms with Crippen LogP contribution in [0.5, 0.6) is 11.5 Å². The third-order valence-electron chi connectivity index (χ3n) is 1.31. The highest BCUT2D eigenvalue weighted by Crippen LogP contribution is 2.28. The Bertz CT molecular complexity index is 252. The van der Waals surface area contributed by atoms with E-state index in [0.29, 0.717) is 5.69 Å². The van der Waals surface area contributed by atoms with Gasteiger partial charge in [-0.25, -0.2) is 0 Å². The molecule has 1 aromatic rings. The molecule has 60 valence electrons. The third kappa shape index (κ3) is 1.89. The van der Waals surface area contributed by atoms with Gasteiger partial charge in [0.25, 0.3) is 0 Å². The molecular formula is C7H8INO2. The fourth-order valence-corrected chi connectivity index (χ4v) is 1.15. The van der Waals surface area contributed by atoms with Crippen molar-refractivity contribution in [2.45, 2.75) is 0 Å². The molecule has 0 saturated carbocycles. The molecule has 0 aromatic heterocycles. The maximum absolute atomic E-state index is 9.21. The number of nitrogens with one attached hydrogen (secondary N) is 1. The Labute approximate surface area is 78.9 Å². The number of phenolic OH excluding ortho intramolecular Hbond substituents is 1. The number of hydrogen-bond acceptors (Lipinski definition) is 3. The van der Waals surface area contributed by atoms with Gasteiger partial charge in [-0.3, -0.25) is 0 Å². The van der Waals surface area contributed by atoms with E-state index in [0.717, 1.165) is 5.75 Å². The van der Waals surface area contributed by atoms with Crippen LogP contribution in [0.15, 0.2) is 18.2 Å². The van der Waals surface area contributed by atoms with Crippen molar-refractivity contribution < 1.29 is 9.84 Å². The number of halogens is 1. The summed E-state index contributed by atoms with van der Waals surface area (Å²) < 4.78 is 7.77. The van der Waals surface area contributed by atoms with Crippen molar-refractivity contribution in [3.63, 3.8) is 0 Å². The Kier molecular flexibility index (Phi) is 2.81. The van der Waals surface area contributed by atoms with E-state index in [4.69, 9.17) is 4.74 Å². The Morgan fingerprint density at radius 3 is 2.82 bits per heavy atom. The number of aromatic hydroxyl groups is 1. The summed E-state index contributed by atoms with van der Waals surface area (Å²) in [6.07, 6.45) is 0. The fourth-order valence-electron chi connectivity index (χ4n) is 0.718. The quantitative estimate of drug-likeness (QED) is 0.489. The van der Waals surface area contributed by atoms with Gasteiger partial charge >= 0.3 is 0 Å². The highest BCUT2D eigenvalue weighted by Gasteiger charge is 1.99. The second-order valence-corrected chi connectivity index (χ2v) is 2.52. The van der Waals surface area contributed by atoms with Crippen LogP contribution in [0.3, 0.4) is 0 Å². The smallest absolute Gasteiger partial charge is 0.139 e. The number of benzene rings is 1. The Hall–Kier alpha value is -0.650. The molecule has 2 N–H and O–H groups in total. The van der Waals surface area contributed by atoms with Crippen molar-refractivity contribution in [2.75, 3.05) is 10.6 Å². The van der Waals surface area contributed by atoms with Gasteiger partial charge in [-0.2, -0.15) is 0 Å². The van der Waals surface area contributed by atoms with E-state index in [1.165, 1.54) is 0 Å². The second-order valence-electron chi connectivity index (χ2n) is 1.98. The van der Waals surface area contributed by atoms with Crippen molar-refractivity contribution in [1.29, 1.82) is 0 Å². The number of hydrogen-bond donors (Lipinski definition) is 2. The summed E-state index contributed by atoms with van der Waals surface area (Å²) in [5, 5.41) is 9.21. The zero-order chi connectivity index (χ0) is 8.27. The van der Waals surface area contributed by atoms with E-state index < -0.39 is 0 Å². The first kappa shape index (κ1) is 8.45. The first-order valence-electron chi connectivity index (χ1n) is 3.01. The zero-order valence-corrected chi connectivity index (χ0v) is 8.12. The van der Waals surface area contributed by atoms with Crippen LogP contribution in [0.1, 0.15) is 0 Å². The van der Waals surface area contributed by atoms with Crippen LogP contribution in [0, 0.1) is 0 Å². The van der Waals surface area contributed by atoms with Crippen LogP contribution < -0.4 is 8.27 Å². The van der Waals surface area contributed by atoms with E-state index in [1.807, 2.05) is 22.9 Å². The molecule has 1 rings (SSSR count). The largest absolute Gasteiger partial charge is 0.506 e. The average Bonchev–Trinajstić information content (AvgIpc) is 2.05. The molecule has 0 spiro atoms. The van der Waals surface area contributed by atoms with Gasteiger partial charge in [0.2, 0.25) is 0 Å². The highest BCUT2D eigenvalue weighted by molar-refractivity contribution is 14.1. The molecule has 0 bridgehead atoms. The number of phenols is 1. The van der Waals surface area contributed by atoms with Crippen LogP contribution in [0.25, 0.3) is 0 Å². The lowest BCUT2D eigenvalue weighted by molar-refractivity contribution is 0.413. The number of methoxy groups -OCH3 is 1. The molecule has 0 amide bonds. The molecule has 11 heavy (non-hydrogen) atoms. The van der Waals surface area contributed by atoms with Gasteiger partial charge in [0.15, 0.2) is 0 Å². The van der Waals surface area contributed by atoms with E-state index >= 15 is 0 Å². The topological polar surface area (TPSA) is 41.5 Å². The molecule has 0 radical (unpaired) electrons. The second kappa shape index (κ2) is 3.66. The lowest BCUT2D eigenvalue weighted by atomic mass is 10.3. The van der Waals surface area contributed by atoms with Crippen molar-refractivity contribution in [1.82, 2.24) is 0 Å². The maximum Gasteiger partial charge on any atom is 0.139 e. The van der Waals surface area contributed by atoms with Crippen LogP contribution in [-0.4, -0.2) is 12.2 Å². The fraction of sp³-hybridized carbons (Fsp3) is 0.143. The summed E-state index contributed by atoms with van der Waals surface area (Å²) in [5.74, 6) is 0.946. The number of ether oxygens (including phenoxy) is 1.